The molecule has 0 saturated carbocycles. The highest BCUT2D eigenvalue weighted by Crippen LogP contribution is 2.24. The second kappa shape index (κ2) is 5.59. The Kier molecular flexibility index (Phi) is 4.09. The Morgan fingerprint density at radius 2 is 2.17 bits per heavy atom. The van der Waals surface area contributed by atoms with Gasteiger partial charge in [0, 0.05) is 22.4 Å². The molecule has 0 aliphatic heterocycles. The highest BCUT2D eigenvalue weighted by molar-refractivity contribution is 9.10. The summed E-state index contributed by atoms with van der Waals surface area (Å²) in [7, 11) is 1.67. The van der Waals surface area contributed by atoms with E-state index in [1.807, 2.05) is 41.2 Å². The first-order chi connectivity index (χ1) is 8.60. The van der Waals surface area contributed by atoms with Crippen molar-refractivity contribution < 1.29 is 9.84 Å². The van der Waals surface area contributed by atoms with Gasteiger partial charge >= 0.3 is 0 Å². The zero-order valence-corrected chi connectivity index (χ0v) is 12.0. The van der Waals surface area contributed by atoms with Crippen molar-refractivity contribution in [2.45, 2.75) is 19.6 Å². The fourth-order valence-corrected chi connectivity index (χ4v) is 2.28. The molecule has 0 fully saturated rings. The molecule has 1 unspecified atom stereocenters. The number of halogens is 1. The van der Waals surface area contributed by atoms with Crippen LogP contribution in [0.5, 0.6) is 5.75 Å². The molecule has 2 rings (SSSR count). The third-order valence-corrected chi connectivity index (χ3v) is 3.34. The predicted octanol–water partition coefficient (Wildman–Crippen LogP) is 3.36. The van der Waals surface area contributed by atoms with Gasteiger partial charge in [-0.2, -0.15) is 0 Å². The Balaban J connectivity index is 2.24. The third-order valence-electron chi connectivity index (χ3n) is 2.85. The van der Waals surface area contributed by atoms with E-state index in [4.69, 9.17) is 4.74 Å². The van der Waals surface area contributed by atoms with Crippen molar-refractivity contribution in [3.05, 3.63) is 52.3 Å². The van der Waals surface area contributed by atoms with Crippen LogP contribution in [0.1, 0.15) is 24.2 Å². The van der Waals surface area contributed by atoms with Gasteiger partial charge in [-0.3, -0.25) is 0 Å². The zero-order chi connectivity index (χ0) is 13.1. The first kappa shape index (κ1) is 13.2. The van der Waals surface area contributed by atoms with Crippen LogP contribution in [-0.2, 0) is 6.54 Å². The normalized spacial score (nSPS) is 12.4. The van der Waals surface area contributed by atoms with Crippen LogP contribution in [0.4, 0.5) is 0 Å². The SMILES string of the molecule is COc1ccc(Br)cc1Cn1ccc(C(C)O)c1. The van der Waals surface area contributed by atoms with Crippen molar-refractivity contribution in [2.24, 2.45) is 0 Å². The summed E-state index contributed by atoms with van der Waals surface area (Å²) in [6, 6.07) is 7.87. The summed E-state index contributed by atoms with van der Waals surface area (Å²) in [5.41, 5.74) is 2.02. The molecule has 0 bridgehead atoms. The summed E-state index contributed by atoms with van der Waals surface area (Å²) in [6.45, 7) is 2.48. The summed E-state index contributed by atoms with van der Waals surface area (Å²) in [6.07, 6.45) is 3.48. The molecule has 4 heteroatoms. The van der Waals surface area contributed by atoms with Crippen molar-refractivity contribution >= 4 is 15.9 Å². The number of hydrogen-bond acceptors (Lipinski definition) is 2. The smallest absolute Gasteiger partial charge is 0.123 e. The number of aliphatic hydroxyl groups excluding tert-OH is 1. The van der Waals surface area contributed by atoms with Crippen LogP contribution in [-0.4, -0.2) is 16.8 Å². The Morgan fingerprint density at radius 1 is 1.39 bits per heavy atom. The summed E-state index contributed by atoms with van der Waals surface area (Å²) in [5.74, 6) is 0.866. The predicted molar refractivity (Wildman–Crippen MR) is 74.9 cm³/mol. The Labute approximate surface area is 115 Å². The van der Waals surface area contributed by atoms with Gasteiger partial charge in [0.05, 0.1) is 19.8 Å². The van der Waals surface area contributed by atoms with Crippen LogP contribution in [0, 0.1) is 0 Å². The molecule has 1 atom stereocenters. The van der Waals surface area contributed by atoms with E-state index in [2.05, 4.69) is 15.9 Å². The first-order valence-corrected chi connectivity index (χ1v) is 6.55. The molecule has 96 valence electrons. The molecule has 2 aromatic rings. The monoisotopic (exact) mass is 309 g/mol. The van der Waals surface area contributed by atoms with Crippen LogP contribution < -0.4 is 4.74 Å². The Morgan fingerprint density at radius 3 is 2.78 bits per heavy atom. The van der Waals surface area contributed by atoms with E-state index in [1.54, 1.807) is 14.0 Å². The van der Waals surface area contributed by atoms with Gasteiger partial charge in [0.2, 0.25) is 0 Å². The fourth-order valence-electron chi connectivity index (χ4n) is 1.87. The quantitative estimate of drug-likeness (QED) is 0.939. The average Bonchev–Trinajstić information content (AvgIpc) is 2.78. The number of benzene rings is 1. The minimum absolute atomic E-state index is 0.435. The molecular formula is C14H16BrNO2. The lowest BCUT2D eigenvalue weighted by atomic mass is 10.2. The minimum Gasteiger partial charge on any atom is -0.496 e. The molecule has 0 radical (unpaired) electrons. The molecule has 1 aromatic heterocycles. The minimum atomic E-state index is -0.435. The topological polar surface area (TPSA) is 34.4 Å². The van der Waals surface area contributed by atoms with Gasteiger partial charge in [-0.25, -0.2) is 0 Å². The second-order valence-electron chi connectivity index (χ2n) is 4.25. The summed E-state index contributed by atoms with van der Waals surface area (Å²) in [5, 5.41) is 9.50. The van der Waals surface area contributed by atoms with E-state index in [-0.39, 0.29) is 0 Å². The zero-order valence-electron chi connectivity index (χ0n) is 10.4. The van der Waals surface area contributed by atoms with Crippen LogP contribution in [0.3, 0.4) is 0 Å². The summed E-state index contributed by atoms with van der Waals surface area (Å²) >= 11 is 3.46. The van der Waals surface area contributed by atoms with Crippen LogP contribution in [0.15, 0.2) is 41.1 Å². The van der Waals surface area contributed by atoms with Crippen molar-refractivity contribution in [1.29, 1.82) is 0 Å². The molecule has 0 aliphatic carbocycles. The van der Waals surface area contributed by atoms with Crippen LogP contribution in [0.2, 0.25) is 0 Å². The van der Waals surface area contributed by atoms with Crippen molar-refractivity contribution in [1.82, 2.24) is 4.57 Å². The largest absolute Gasteiger partial charge is 0.496 e. The molecule has 0 aliphatic rings. The van der Waals surface area contributed by atoms with E-state index >= 15 is 0 Å². The van der Waals surface area contributed by atoms with Gasteiger partial charge in [-0.15, -0.1) is 0 Å². The number of aliphatic hydroxyl groups is 1. The standard InChI is InChI=1S/C14H16BrNO2/c1-10(17)11-5-6-16(8-11)9-12-7-13(15)3-4-14(12)18-2/h3-8,10,17H,9H2,1-2H3. The highest BCUT2D eigenvalue weighted by Gasteiger charge is 2.07. The molecule has 0 saturated heterocycles. The third kappa shape index (κ3) is 2.94. The van der Waals surface area contributed by atoms with Gasteiger partial charge in [0.1, 0.15) is 5.75 Å². The maximum absolute atomic E-state index is 9.50. The molecule has 3 nitrogen and oxygen atoms in total. The van der Waals surface area contributed by atoms with Gasteiger partial charge in [-0.1, -0.05) is 15.9 Å². The first-order valence-electron chi connectivity index (χ1n) is 5.76. The molecule has 18 heavy (non-hydrogen) atoms. The van der Waals surface area contributed by atoms with Crippen LogP contribution >= 0.6 is 15.9 Å². The molecule has 0 amide bonds. The van der Waals surface area contributed by atoms with E-state index in [1.165, 1.54) is 0 Å². The lowest BCUT2D eigenvalue weighted by Crippen LogP contribution is -2.00. The van der Waals surface area contributed by atoms with Gasteiger partial charge in [-0.05, 0) is 36.8 Å². The van der Waals surface area contributed by atoms with E-state index in [0.29, 0.717) is 0 Å². The number of hydrogen-bond donors (Lipinski definition) is 1. The maximum atomic E-state index is 9.50. The molecular weight excluding hydrogens is 294 g/mol. The van der Waals surface area contributed by atoms with Crippen LogP contribution in [0.25, 0.3) is 0 Å². The van der Waals surface area contributed by atoms with E-state index in [0.717, 1.165) is 27.9 Å². The number of methoxy groups -OCH3 is 1. The van der Waals surface area contributed by atoms with Crippen molar-refractivity contribution in [3.63, 3.8) is 0 Å². The summed E-state index contributed by atoms with van der Waals surface area (Å²) in [4.78, 5) is 0. The molecule has 1 aromatic carbocycles. The van der Waals surface area contributed by atoms with Gasteiger partial charge in [0.15, 0.2) is 0 Å². The fraction of sp³-hybridized carbons (Fsp3) is 0.286. The number of ether oxygens (including phenoxy) is 1. The lowest BCUT2D eigenvalue weighted by Gasteiger charge is -2.10. The Hall–Kier alpha value is -1.26. The van der Waals surface area contributed by atoms with E-state index in [9.17, 15) is 5.11 Å². The molecule has 1 heterocycles. The molecule has 1 N–H and O–H groups in total. The van der Waals surface area contributed by atoms with Gasteiger partial charge in [0.25, 0.3) is 0 Å². The molecule has 0 spiro atoms. The number of aromatic nitrogens is 1. The van der Waals surface area contributed by atoms with Crippen molar-refractivity contribution in [3.8, 4) is 5.75 Å². The Bertz CT molecular complexity index is 534. The number of nitrogens with zero attached hydrogens (tertiary/aromatic N) is 1. The van der Waals surface area contributed by atoms with E-state index < -0.39 is 6.10 Å². The maximum Gasteiger partial charge on any atom is 0.123 e. The average molecular weight is 310 g/mol. The van der Waals surface area contributed by atoms with Gasteiger partial charge < -0.3 is 14.4 Å². The number of rotatable bonds is 4. The van der Waals surface area contributed by atoms with Crippen molar-refractivity contribution in [2.75, 3.05) is 7.11 Å². The second-order valence-corrected chi connectivity index (χ2v) is 5.16. The summed E-state index contributed by atoms with van der Waals surface area (Å²) < 4.78 is 8.41. The highest BCUT2D eigenvalue weighted by atomic mass is 79.9. The lowest BCUT2D eigenvalue weighted by molar-refractivity contribution is 0.199.